The maximum absolute atomic E-state index is 6.34. The van der Waals surface area contributed by atoms with Gasteiger partial charge in [-0.25, -0.2) is 0 Å². The summed E-state index contributed by atoms with van der Waals surface area (Å²) in [5, 5.41) is 3.89. The zero-order chi connectivity index (χ0) is 17.0. The van der Waals surface area contributed by atoms with E-state index in [4.69, 9.17) is 30.4 Å². The summed E-state index contributed by atoms with van der Waals surface area (Å²) in [6.07, 6.45) is 0. The van der Waals surface area contributed by atoms with Crippen LogP contribution in [-0.2, 0) is 0 Å². The molecule has 25 heavy (non-hydrogen) atoms. The van der Waals surface area contributed by atoms with Crippen LogP contribution in [0.1, 0.15) is 0 Å². The van der Waals surface area contributed by atoms with Crippen LogP contribution in [0.4, 0.5) is 11.4 Å². The molecule has 2 aliphatic rings. The lowest BCUT2D eigenvalue weighted by Crippen LogP contribution is -2.14. The lowest BCUT2D eigenvalue weighted by molar-refractivity contribution is 0.174. The third-order valence-electron chi connectivity index (χ3n) is 4.00. The molecule has 9 heteroatoms. The minimum Gasteiger partial charge on any atom is -0.485 e. The number of nitrogen functional groups attached to an aromatic ring is 2. The standard InChI is InChI=1S/C16H14N2O4S3/c17-9-10(18)14(16-12-8(6-24-16)20-2-4-22-12)25-13(9)15-11-7(5-23-15)19-1-3-21-11/h5-6H,1-4,17-18H2. The van der Waals surface area contributed by atoms with Crippen molar-refractivity contribution in [1.29, 1.82) is 0 Å². The summed E-state index contributed by atoms with van der Waals surface area (Å²) in [5.74, 6) is 3.04. The van der Waals surface area contributed by atoms with Gasteiger partial charge in [-0.1, -0.05) is 0 Å². The quantitative estimate of drug-likeness (QED) is 0.685. The summed E-state index contributed by atoms with van der Waals surface area (Å²) < 4.78 is 22.8. The van der Waals surface area contributed by atoms with Crippen molar-refractivity contribution in [2.45, 2.75) is 0 Å². The van der Waals surface area contributed by atoms with Crippen LogP contribution in [0.25, 0.3) is 19.5 Å². The number of thiophene rings is 3. The molecule has 0 saturated heterocycles. The highest BCUT2D eigenvalue weighted by atomic mass is 32.1. The second-order valence-electron chi connectivity index (χ2n) is 5.50. The van der Waals surface area contributed by atoms with Gasteiger partial charge in [-0.3, -0.25) is 0 Å². The normalized spacial score (nSPS) is 15.4. The predicted molar refractivity (Wildman–Crippen MR) is 102 cm³/mol. The van der Waals surface area contributed by atoms with E-state index in [9.17, 15) is 0 Å². The number of hydrogen-bond acceptors (Lipinski definition) is 9. The monoisotopic (exact) mass is 394 g/mol. The number of rotatable bonds is 2. The van der Waals surface area contributed by atoms with E-state index in [-0.39, 0.29) is 0 Å². The Morgan fingerprint density at radius 2 is 1.08 bits per heavy atom. The fraction of sp³-hybridized carbons (Fsp3) is 0.250. The Kier molecular flexibility index (Phi) is 3.47. The lowest BCUT2D eigenvalue weighted by atomic mass is 10.2. The van der Waals surface area contributed by atoms with Gasteiger partial charge in [0.25, 0.3) is 0 Å². The Bertz CT molecular complexity index is 884. The lowest BCUT2D eigenvalue weighted by Gasteiger charge is -2.16. The Balaban J connectivity index is 1.64. The van der Waals surface area contributed by atoms with Crippen LogP contribution in [0.3, 0.4) is 0 Å². The van der Waals surface area contributed by atoms with Crippen molar-refractivity contribution in [1.82, 2.24) is 0 Å². The molecule has 5 heterocycles. The Hall–Kier alpha value is -2.10. The summed E-state index contributed by atoms with van der Waals surface area (Å²) in [5.41, 5.74) is 13.8. The van der Waals surface area contributed by atoms with Gasteiger partial charge in [-0.15, -0.1) is 34.0 Å². The van der Waals surface area contributed by atoms with Crippen molar-refractivity contribution in [3.05, 3.63) is 10.8 Å². The van der Waals surface area contributed by atoms with E-state index in [1.54, 1.807) is 34.0 Å². The molecule has 0 saturated carbocycles. The molecule has 0 aliphatic carbocycles. The first-order valence-corrected chi connectivity index (χ1v) is 10.2. The van der Waals surface area contributed by atoms with Crippen molar-refractivity contribution >= 4 is 45.4 Å². The van der Waals surface area contributed by atoms with Gasteiger partial charge in [0.15, 0.2) is 23.0 Å². The van der Waals surface area contributed by atoms with Gasteiger partial charge in [-0.05, 0) is 0 Å². The van der Waals surface area contributed by atoms with E-state index in [2.05, 4.69) is 0 Å². The first-order chi connectivity index (χ1) is 12.2. The summed E-state index contributed by atoms with van der Waals surface area (Å²) >= 11 is 4.65. The number of fused-ring (bicyclic) bond motifs is 2. The third kappa shape index (κ3) is 2.26. The largest absolute Gasteiger partial charge is 0.485 e. The molecule has 0 amide bonds. The van der Waals surface area contributed by atoms with Crippen LogP contribution in [0.15, 0.2) is 10.8 Å². The van der Waals surface area contributed by atoms with Crippen molar-refractivity contribution in [3.63, 3.8) is 0 Å². The molecule has 0 unspecified atom stereocenters. The predicted octanol–water partition coefficient (Wildman–Crippen LogP) is 3.91. The molecule has 0 atom stereocenters. The van der Waals surface area contributed by atoms with Crippen molar-refractivity contribution in [2.24, 2.45) is 0 Å². The first kappa shape index (κ1) is 15.2. The number of nitrogens with two attached hydrogens (primary N) is 2. The molecule has 0 fully saturated rings. The van der Waals surface area contributed by atoms with Gasteiger partial charge < -0.3 is 30.4 Å². The highest BCUT2D eigenvalue weighted by Gasteiger charge is 2.28. The average molecular weight is 394 g/mol. The summed E-state index contributed by atoms with van der Waals surface area (Å²) in [6, 6.07) is 0. The number of hydrogen-bond donors (Lipinski definition) is 2. The van der Waals surface area contributed by atoms with Crippen LogP contribution in [0, 0.1) is 0 Å². The minimum absolute atomic E-state index is 0.536. The van der Waals surface area contributed by atoms with Crippen LogP contribution in [0.5, 0.6) is 23.0 Å². The fourth-order valence-electron chi connectivity index (χ4n) is 2.83. The molecule has 3 aromatic rings. The smallest absolute Gasteiger partial charge is 0.180 e. The summed E-state index contributed by atoms with van der Waals surface area (Å²) in [7, 11) is 0. The van der Waals surface area contributed by atoms with Crippen LogP contribution in [-0.4, -0.2) is 26.4 Å². The second-order valence-corrected chi connectivity index (χ2v) is 8.28. The molecular weight excluding hydrogens is 380 g/mol. The zero-order valence-corrected chi connectivity index (χ0v) is 15.4. The topological polar surface area (TPSA) is 89.0 Å². The molecule has 0 radical (unpaired) electrons. The van der Waals surface area contributed by atoms with Crippen LogP contribution in [0.2, 0.25) is 0 Å². The SMILES string of the molecule is Nc1c(-c2scc3c2OCCO3)sc(-c2scc3c2OCCO3)c1N. The van der Waals surface area contributed by atoms with Crippen molar-refractivity contribution in [2.75, 3.05) is 37.9 Å². The van der Waals surface area contributed by atoms with Crippen molar-refractivity contribution in [3.8, 4) is 42.5 Å². The number of ether oxygens (including phenoxy) is 4. The molecule has 5 rings (SSSR count). The molecule has 0 aromatic carbocycles. The molecular formula is C16H14N2O4S3. The maximum atomic E-state index is 6.34. The average Bonchev–Trinajstić information content (AvgIpc) is 3.32. The van der Waals surface area contributed by atoms with Gasteiger partial charge in [0.1, 0.15) is 26.4 Å². The molecule has 0 spiro atoms. The van der Waals surface area contributed by atoms with Crippen molar-refractivity contribution < 1.29 is 18.9 Å². The fourth-order valence-corrected chi connectivity index (χ4v) is 6.15. The van der Waals surface area contributed by atoms with E-state index >= 15 is 0 Å². The Morgan fingerprint density at radius 3 is 1.56 bits per heavy atom. The van der Waals surface area contributed by atoms with E-state index in [1.165, 1.54) is 0 Å². The Morgan fingerprint density at radius 1 is 0.640 bits per heavy atom. The summed E-state index contributed by atoms with van der Waals surface area (Å²) in [6.45, 7) is 2.20. The molecule has 6 nitrogen and oxygen atoms in total. The first-order valence-electron chi connectivity index (χ1n) is 7.66. The highest BCUT2D eigenvalue weighted by molar-refractivity contribution is 7.27. The van der Waals surface area contributed by atoms with E-state index in [0.29, 0.717) is 37.8 Å². The van der Waals surface area contributed by atoms with Gasteiger partial charge in [0.2, 0.25) is 0 Å². The molecule has 3 aromatic heterocycles. The molecule has 2 aliphatic heterocycles. The van der Waals surface area contributed by atoms with E-state index in [0.717, 1.165) is 42.5 Å². The van der Waals surface area contributed by atoms with Gasteiger partial charge in [0, 0.05) is 10.8 Å². The zero-order valence-electron chi connectivity index (χ0n) is 13.0. The van der Waals surface area contributed by atoms with Gasteiger partial charge in [0.05, 0.1) is 30.9 Å². The van der Waals surface area contributed by atoms with E-state index < -0.39 is 0 Å². The van der Waals surface area contributed by atoms with Crippen LogP contribution >= 0.6 is 34.0 Å². The third-order valence-corrected chi connectivity index (χ3v) is 7.43. The molecule has 130 valence electrons. The van der Waals surface area contributed by atoms with Gasteiger partial charge >= 0.3 is 0 Å². The number of anilines is 2. The molecule has 0 bridgehead atoms. The maximum Gasteiger partial charge on any atom is 0.180 e. The Labute approximate surface area is 155 Å². The molecule has 4 N–H and O–H groups in total. The van der Waals surface area contributed by atoms with E-state index in [1.807, 2.05) is 10.8 Å². The minimum atomic E-state index is 0.536. The summed E-state index contributed by atoms with van der Waals surface area (Å²) in [4.78, 5) is 3.72. The second kappa shape index (κ2) is 5.72. The van der Waals surface area contributed by atoms with Crippen LogP contribution < -0.4 is 30.4 Å². The highest BCUT2D eigenvalue weighted by Crippen LogP contribution is 2.57. The van der Waals surface area contributed by atoms with Gasteiger partial charge in [-0.2, -0.15) is 0 Å².